The second kappa shape index (κ2) is 5.83. The largest absolute Gasteiger partial charge is 0.478 e. The van der Waals surface area contributed by atoms with Gasteiger partial charge in [0.2, 0.25) is 0 Å². The summed E-state index contributed by atoms with van der Waals surface area (Å²) in [7, 11) is 0. The van der Waals surface area contributed by atoms with Crippen molar-refractivity contribution < 1.29 is 14.7 Å². The molecule has 1 heterocycles. The first-order valence-corrected chi connectivity index (χ1v) is 6.54. The van der Waals surface area contributed by atoms with Crippen LogP contribution in [0, 0.1) is 6.92 Å². The Bertz CT molecular complexity index is 686. The highest BCUT2D eigenvalue weighted by Gasteiger charge is 2.16. The monoisotopic (exact) mass is 334 g/mol. The van der Waals surface area contributed by atoms with Crippen LogP contribution in [-0.4, -0.2) is 22.0 Å². The quantitative estimate of drug-likeness (QED) is 0.903. The maximum absolute atomic E-state index is 12.2. The Morgan fingerprint density at radius 2 is 2.00 bits per heavy atom. The van der Waals surface area contributed by atoms with Crippen LogP contribution in [0.4, 0.5) is 5.82 Å². The molecule has 0 saturated heterocycles. The Balaban J connectivity index is 2.33. The van der Waals surface area contributed by atoms with Crippen molar-refractivity contribution in [3.8, 4) is 0 Å². The summed E-state index contributed by atoms with van der Waals surface area (Å²) >= 11 is 3.29. The number of anilines is 1. The van der Waals surface area contributed by atoms with Gasteiger partial charge in [-0.25, -0.2) is 9.78 Å². The van der Waals surface area contributed by atoms with E-state index in [0.29, 0.717) is 10.0 Å². The molecule has 0 bridgehead atoms. The van der Waals surface area contributed by atoms with Crippen molar-refractivity contribution in [3.63, 3.8) is 0 Å². The molecule has 0 fully saturated rings. The molecule has 0 spiro atoms. The van der Waals surface area contributed by atoms with Crippen molar-refractivity contribution in [2.75, 3.05) is 5.32 Å². The molecule has 6 heteroatoms. The van der Waals surface area contributed by atoms with Gasteiger partial charge in [0, 0.05) is 10.7 Å². The van der Waals surface area contributed by atoms with Crippen molar-refractivity contribution in [1.82, 2.24) is 4.98 Å². The third-order valence-electron chi connectivity index (χ3n) is 2.64. The third-order valence-corrected chi connectivity index (χ3v) is 3.33. The third kappa shape index (κ3) is 3.03. The zero-order valence-electron chi connectivity index (χ0n) is 10.6. The second-order valence-electron chi connectivity index (χ2n) is 4.14. The van der Waals surface area contributed by atoms with E-state index in [1.54, 1.807) is 12.1 Å². The number of carboxylic acids is 1. The standard InChI is InChI=1S/C14H11BrN2O3/c1-8-4-5-11(15)10(7-8)13(18)17-12-9(14(19)20)3-2-6-16-12/h2-7H,1H3,(H,19,20)(H,16,17,18). The van der Waals surface area contributed by atoms with Gasteiger partial charge in [0.25, 0.3) is 5.91 Å². The van der Waals surface area contributed by atoms with Crippen LogP contribution in [-0.2, 0) is 0 Å². The maximum atomic E-state index is 12.2. The molecule has 0 radical (unpaired) electrons. The Hall–Kier alpha value is -2.21. The van der Waals surface area contributed by atoms with Crippen LogP contribution < -0.4 is 5.32 Å². The van der Waals surface area contributed by atoms with E-state index in [0.717, 1.165) is 5.56 Å². The first-order valence-electron chi connectivity index (χ1n) is 5.75. The first kappa shape index (κ1) is 14.2. The highest BCUT2D eigenvalue weighted by molar-refractivity contribution is 9.10. The Morgan fingerprint density at radius 1 is 1.25 bits per heavy atom. The Morgan fingerprint density at radius 3 is 2.70 bits per heavy atom. The zero-order valence-corrected chi connectivity index (χ0v) is 12.1. The number of amides is 1. The SMILES string of the molecule is Cc1ccc(Br)c(C(=O)Nc2ncccc2C(=O)O)c1. The fourth-order valence-electron chi connectivity index (χ4n) is 1.67. The molecule has 0 atom stereocenters. The highest BCUT2D eigenvalue weighted by atomic mass is 79.9. The van der Waals surface area contributed by atoms with Gasteiger partial charge in [0.1, 0.15) is 11.4 Å². The van der Waals surface area contributed by atoms with Gasteiger partial charge in [-0.3, -0.25) is 4.79 Å². The number of hydrogen-bond donors (Lipinski definition) is 2. The van der Waals surface area contributed by atoms with Crippen molar-refractivity contribution in [1.29, 1.82) is 0 Å². The number of carboxylic acid groups (broad SMARTS) is 1. The number of benzene rings is 1. The molecular weight excluding hydrogens is 324 g/mol. The van der Waals surface area contributed by atoms with Crippen LogP contribution in [0.2, 0.25) is 0 Å². The molecule has 102 valence electrons. The van der Waals surface area contributed by atoms with Crippen molar-refractivity contribution >= 4 is 33.6 Å². The van der Waals surface area contributed by atoms with Crippen molar-refractivity contribution in [2.45, 2.75) is 6.92 Å². The smallest absolute Gasteiger partial charge is 0.339 e. The number of pyridine rings is 1. The molecule has 1 aromatic heterocycles. The lowest BCUT2D eigenvalue weighted by molar-refractivity contribution is 0.0697. The summed E-state index contributed by atoms with van der Waals surface area (Å²) in [6.45, 7) is 1.87. The topological polar surface area (TPSA) is 79.3 Å². The lowest BCUT2D eigenvalue weighted by atomic mass is 10.1. The van der Waals surface area contributed by atoms with Crippen molar-refractivity contribution in [3.05, 3.63) is 57.7 Å². The minimum atomic E-state index is -1.14. The molecule has 0 aliphatic heterocycles. The number of aromatic nitrogens is 1. The van der Waals surface area contributed by atoms with E-state index in [-0.39, 0.29) is 11.4 Å². The average molecular weight is 335 g/mol. The lowest BCUT2D eigenvalue weighted by Gasteiger charge is -2.09. The van der Waals surface area contributed by atoms with E-state index in [4.69, 9.17) is 5.11 Å². The molecular formula is C14H11BrN2O3. The van der Waals surface area contributed by atoms with Crippen LogP contribution >= 0.6 is 15.9 Å². The van der Waals surface area contributed by atoms with Gasteiger partial charge in [-0.2, -0.15) is 0 Å². The van der Waals surface area contributed by atoms with E-state index >= 15 is 0 Å². The van der Waals surface area contributed by atoms with E-state index in [1.807, 2.05) is 13.0 Å². The van der Waals surface area contributed by atoms with Crippen LogP contribution in [0.15, 0.2) is 41.0 Å². The number of halogens is 1. The predicted octanol–water partition coefficient (Wildman–Crippen LogP) is 3.10. The van der Waals surface area contributed by atoms with Gasteiger partial charge < -0.3 is 10.4 Å². The molecule has 1 aromatic carbocycles. The molecule has 0 aliphatic carbocycles. The van der Waals surface area contributed by atoms with Crippen LogP contribution in [0.5, 0.6) is 0 Å². The fourth-order valence-corrected chi connectivity index (χ4v) is 2.09. The van der Waals surface area contributed by atoms with Gasteiger partial charge in [0.05, 0.1) is 5.56 Å². The van der Waals surface area contributed by atoms with Gasteiger partial charge >= 0.3 is 5.97 Å². The van der Waals surface area contributed by atoms with Crippen LogP contribution in [0.25, 0.3) is 0 Å². The Labute approximate surface area is 123 Å². The molecule has 2 N–H and O–H groups in total. The van der Waals surface area contributed by atoms with Gasteiger partial charge in [-0.1, -0.05) is 11.6 Å². The van der Waals surface area contributed by atoms with E-state index in [1.165, 1.54) is 18.3 Å². The second-order valence-corrected chi connectivity index (χ2v) is 5.00. The van der Waals surface area contributed by atoms with Gasteiger partial charge in [0.15, 0.2) is 0 Å². The Kier molecular flexibility index (Phi) is 4.14. The summed E-state index contributed by atoms with van der Waals surface area (Å²) in [6.07, 6.45) is 1.42. The molecule has 0 unspecified atom stereocenters. The minimum absolute atomic E-state index is 0.0263. The summed E-state index contributed by atoms with van der Waals surface area (Å²) in [6, 6.07) is 8.23. The van der Waals surface area contributed by atoms with Crippen molar-refractivity contribution in [2.24, 2.45) is 0 Å². The number of nitrogens with one attached hydrogen (secondary N) is 1. The predicted molar refractivity (Wildman–Crippen MR) is 78.0 cm³/mol. The summed E-state index contributed by atoms with van der Waals surface area (Å²) in [5, 5.41) is 11.6. The molecule has 0 aliphatic rings. The molecule has 20 heavy (non-hydrogen) atoms. The van der Waals surface area contributed by atoms with E-state index < -0.39 is 11.9 Å². The summed E-state index contributed by atoms with van der Waals surface area (Å²) in [5.74, 6) is -1.53. The number of rotatable bonds is 3. The zero-order chi connectivity index (χ0) is 14.7. The summed E-state index contributed by atoms with van der Waals surface area (Å²) in [4.78, 5) is 27.1. The average Bonchev–Trinajstić information content (AvgIpc) is 2.41. The number of aromatic carboxylic acids is 1. The number of carbonyl (C=O) groups is 2. The highest BCUT2D eigenvalue weighted by Crippen LogP contribution is 2.20. The van der Waals surface area contributed by atoms with Crippen LogP contribution in [0.1, 0.15) is 26.3 Å². The number of hydrogen-bond acceptors (Lipinski definition) is 3. The first-order chi connectivity index (χ1) is 9.49. The summed E-state index contributed by atoms with van der Waals surface area (Å²) < 4.78 is 0.633. The van der Waals surface area contributed by atoms with Gasteiger partial charge in [-0.05, 0) is 47.1 Å². The number of nitrogens with zero attached hydrogens (tertiary/aromatic N) is 1. The minimum Gasteiger partial charge on any atom is -0.478 e. The van der Waals surface area contributed by atoms with E-state index in [9.17, 15) is 9.59 Å². The fraction of sp³-hybridized carbons (Fsp3) is 0.0714. The number of carbonyl (C=O) groups excluding carboxylic acids is 1. The molecule has 5 nitrogen and oxygen atoms in total. The summed E-state index contributed by atoms with van der Waals surface area (Å²) in [5.41, 5.74) is 1.30. The molecule has 2 aromatic rings. The van der Waals surface area contributed by atoms with Crippen LogP contribution in [0.3, 0.4) is 0 Å². The number of aryl methyl sites for hydroxylation is 1. The molecule has 2 rings (SSSR count). The molecule has 1 amide bonds. The molecule has 0 saturated carbocycles. The lowest BCUT2D eigenvalue weighted by Crippen LogP contribution is -2.16. The normalized spacial score (nSPS) is 10.1. The van der Waals surface area contributed by atoms with Gasteiger partial charge in [-0.15, -0.1) is 0 Å². The van der Waals surface area contributed by atoms with E-state index in [2.05, 4.69) is 26.2 Å². The maximum Gasteiger partial charge on any atom is 0.339 e.